The second-order valence-electron chi connectivity index (χ2n) is 5.71. The molecule has 0 aliphatic carbocycles. The molecule has 0 bridgehead atoms. The summed E-state index contributed by atoms with van der Waals surface area (Å²) in [5.74, 6) is 0.587. The van der Waals surface area contributed by atoms with Gasteiger partial charge in [-0.25, -0.2) is 4.98 Å². The zero-order chi connectivity index (χ0) is 16.4. The van der Waals surface area contributed by atoms with Crippen molar-refractivity contribution in [3.05, 3.63) is 44.8 Å². The molecule has 0 N–H and O–H groups in total. The first-order valence-corrected chi connectivity index (χ1v) is 8.50. The van der Waals surface area contributed by atoms with E-state index in [1.165, 1.54) is 17.4 Å². The van der Waals surface area contributed by atoms with Crippen LogP contribution in [0.1, 0.15) is 29.0 Å². The maximum atomic E-state index is 12.2. The highest BCUT2D eigenvalue weighted by molar-refractivity contribution is 7.07. The Balaban J connectivity index is 1.59. The van der Waals surface area contributed by atoms with Crippen molar-refractivity contribution in [3.8, 4) is 5.75 Å². The number of hydrogen-bond donors (Lipinski definition) is 0. The Labute approximate surface area is 138 Å². The SMILES string of the molecule is Cc1cc(OC2CCN(C(=O)c3cscn3)CC2)cc(=O)n1C. The fraction of sp³-hybridized carbons (Fsp3) is 0.438. The van der Waals surface area contributed by atoms with Crippen LogP contribution in [-0.4, -0.2) is 39.6 Å². The van der Waals surface area contributed by atoms with Crippen LogP contribution < -0.4 is 10.3 Å². The Bertz CT molecular complexity index is 746. The topological polar surface area (TPSA) is 64.4 Å². The van der Waals surface area contributed by atoms with E-state index in [1.54, 1.807) is 22.5 Å². The number of aryl methyl sites for hydroxylation is 1. The van der Waals surface area contributed by atoms with E-state index >= 15 is 0 Å². The van der Waals surface area contributed by atoms with E-state index in [0.29, 0.717) is 24.5 Å². The lowest BCUT2D eigenvalue weighted by Crippen LogP contribution is -2.42. The van der Waals surface area contributed by atoms with E-state index in [0.717, 1.165) is 18.5 Å². The van der Waals surface area contributed by atoms with E-state index in [2.05, 4.69) is 4.98 Å². The van der Waals surface area contributed by atoms with E-state index in [-0.39, 0.29) is 17.6 Å². The lowest BCUT2D eigenvalue weighted by atomic mass is 10.1. The van der Waals surface area contributed by atoms with Crippen molar-refractivity contribution < 1.29 is 9.53 Å². The summed E-state index contributed by atoms with van der Waals surface area (Å²) in [6.07, 6.45) is 1.54. The maximum Gasteiger partial charge on any atom is 0.273 e. The number of piperidine rings is 1. The molecule has 6 nitrogen and oxygen atoms in total. The number of hydrogen-bond acceptors (Lipinski definition) is 5. The fourth-order valence-electron chi connectivity index (χ4n) is 2.65. The predicted octanol–water partition coefficient (Wildman–Crippen LogP) is 1.83. The van der Waals surface area contributed by atoms with Gasteiger partial charge in [-0.1, -0.05) is 0 Å². The first kappa shape index (κ1) is 15.7. The number of amides is 1. The third-order valence-corrected chi connectivity index (χ3v) is 4.75. The quantitative estimate of drug-likeness (QED) is 0.860. The van der Waals surface area contributed by atoms with Gasteiger partial charge >= 0.3 is 0 Å². The average molecular weight is 333 g/mol. The lowest BCUT2D eigenvalue weighted by molar-refractivity contribution is 0.0590. The van der Waals surface area contributed by atoms with Crippen LogP contribution in [0.2, 0.25) is 0 Å². The third kappa shape index (κ3) is 3.44. The number of ether oxygens (including phenoxy) is 1. The summed E-state index contributed by atoms with van der Waals surface area (Å²) in [4.78, 5) is 29.9. The standard InChI is InChI=1S/C16H19N3O3S/c1-11-7-13(8-15(20)18(11)2)22-12-3-5-19(6-4-12)16(21)14-9-23-10-17-14/h7-10,12H,3-6H2,1-2H3. The second-order valence-corrected chi connectivity index (χ2v) is 6.43. The van der Waals surface area contributed by atoms with Gasteiger partial charge in [-0.2, -0.15) is 0 Å². The van der Waals surface area contributed by atoms with Gasteiger partial charge in [0.25, 0.3) is 11.5 Å². The molecular weight excluding hydrogens is 314 g/mol. The van der Waals surface area contributed by atoms with Gasteiger partial charge in [0.2, 0.25) is 0 Å². The van der Waals surface area contributed by atoms with Crippen LogP contribution in [0, 0.1) is 6.92 Å². The van der Waals surface area contributed by atoms with Gasteiger partial charge < -0.3 is 14.2 Å². The van der Waals surface area contributed by atoms with Crippen molar-refractivity contribution in [1.29, 1.82) is 0 Å². The van der Waals surface area contributed by atoms with Gasteiger partial charge in [0, 0.05) is 50.1 Å². The van der Waals surface area contributed by atoms with Gasteiger partial charge in [0.1, 0.15) is 17.5 Å². The number of aromatic nitrogens is 2. The molecule has 3 heterocycles. The van der Waals surface area contributed by atoms with Crippen molar-refractivity contribution in [3.63, 3.8) is 0 Å². The largest absolute Gasteiger partial charge is 0.490 e. The Morgan fingerprint density at radius 3 is 2.70 bits per heavy atom. The molecule has 1 amide bonds. The van der Waals surface area contributed by atoms with E-state index < -0.39 is 0 Å². The van der Waals surface area contributed by atoms with Gasteiger partial charge in [0.05, 0.1) is 5.51 Å². The summed E-state index contributed by atoms with van der Waals surface area (Å²) in [5, 5.41) is 1.77. The number of pyridine rings is 1. The summed E-state index contributed by atoms with van der Waals surface area (Å²) >= 11 is 1.42. The summed E-state index contributed by atoms with van der Waals surface area (Å²) < 4.78 is 7.51. The molecule has 3 rings (SSSR count). The second kappa shape index (κ2) is 6.54. The zero-order valence-electron chi connectivity index (χ0n) is 13.2. The number of carbonyl (C=O) groups is 1. The van der Waals surface area contributed by atoms with Crippen molar-refractivity contribution in [2.45, 2.75) is 25.9 Å². The summed E-state index contributed by atoms with van der Waals surface area (Å²) in [7, 11) is 1.74. The zero-order valence-corrected chi connectivity index (χ0v) is 14.0. The van der Waals surface area contributed by atoms with Gasteiger partial charge in [-0.15, -0.1) is 11.3 Å². The summed E-state index contributed by atoms with van der Waals surface area (Å²) in [6, 6.07) is 3.38. The van der Waals surface area contributed by atoms with Crippen LogP contribution in [0.4, 0.5) is 0 Å². The van der Waals surface area contributed by atoms with Crippen LogP contribution in [0.15, 0.2) is 27.8 Å². The van der Waals surface area contributed by atoms with Crippen LogP contribution in [0.25, 0.3) is 0 Å². The first-order valence-electron chi connectivity index (χ1n) is 7.56. The molecule has 1 aliphatic rings. The molecule has 0 radical (unpaired) electrons. The van der Waals surface area contributed by atoms with E-state index in [4.69, 9.17) is 4.74 Å². The van der Waals surface area contributed by atoms with E-state index in [1.807, 2.05) is 17.9 Å². The van der Waals surface area contributed by atoms with Crippen LogP contribution in [0.3, 0.4) is 0 Å². The Hall–Kier alpha value is -2.15. The van der Waals surface area contributed by atoms with Gasteiger partial charge in [-0.3, -0.25) is 9.59 Å². The molecule has 122 valence electrons. The number of likely N-dealkylation sites (tertiary alicyclic amines) is 1. The molecule has 0 atom stereocenters. The molecule has 0 aromatic carbocycles. The minimum atomic E-state index is -0.0730. The number of nitrogens with zero attached hydrogens (tertiary/aromatic N) is 3. The van der Waals surface area contributed by atoms with Crippen LogP contribution in [0.5, 0.6) is 5.75 Å². The smallest absolute Gasteiger partial charge is 0.273 e. The van der Waals surface area contributed by atoms with Gasteiger partial charge in [-0.05, 0) is 13.0 Å². The highest BCUT2D eigenvalue weighted by Gasteiger charge is 2.25. The highest BCUT2D eigenvalue weighted by Crippen LogP contribution is 2.20. The van der Waals surface area contributed by atoms with Crippen molar-refractivity contribution in [1.82, 2.24) is 14.5 Å². The Morgan fingerprint density at radius 2 is 2.09 bits per heavy atom. The molecule has 23 heavy (non-hydrogen) atoms. The minimum absolute atomic E-state index is 0.0193. The number of rotatable bonds is 3. The normalized spacial score (nSPS) is 15.7. The summed E-state index contributed by atoms with van der Waals surface area (Å²) in [5.41, 5.74) is 2.97. The van der Waals surface area contributed by atoms with Crippen molar-refractivity contribution in [2.24, 2.45) is 7.05 Å². The fourth-order valence-corrected chi connectivity index (χ4v) is 3.18. The molecule has 7 heteroatoms. The summed E-state index contributed by atoms with van der Waals surface area (Å²) in [6.45, 7) is 3.17. The monoisotopic (exact) mass is 333 g/mol. The molecule has 2 aromatic heterocycles. The van der Waals surface area contributed by atoms with Crippen molar-refractivity contribution in [2.75, 3.05) is 13.1 Å². The Morgan fingerprint density at radius 1 is 1.35 bits per heavy atom. The first-order chi connectivity index (χ1) is 11.0. The van der Waals surface area contributed by atoms with Crippen molar-refractivity contribution >= 4 is 17.2 Å². The van der Waals surface area contributed by atoms with E-state index in [9.17, 15) is 9.59 Å². The molecule has 0 unspecified atom stereocenters. The van der Waals surface area contributed by atoms with Crippen LogP contribution >= 0.6 is 11.3 Å². The molecule has 1 saturated heterocycles. The lowest BCUT2D eigenvalue weighted by Gasteiger charge is -2.31. The molecule has 1 fully saturated rings. The highest BCUT2D eigenvalue weighted by atomic mass is 32.1. The molecule has 0 saturated carbocycles. The molecular formula is C16H19N3O3S. The van der Waals surface area contributed by atoms with Crippen LogP contribution in [-0.2, 0) is 7.05 Å². The van der Waals surface area contributed by atoms with Gasteiger partial charge in [0.15, 0.2) is 0 Å². The molecule has 0 spiro atoms. The predicted molar refractivity (Wildman–Crippen MR) is 88.1 cm³/mol. The molecule has 1 aliphatic heterocycles. The number of carbonyl (C=O) groups excluding carboxylic acids is 1. The molecule has 2 aromatic rings. The minimum Gasteiger partial charge on any atom is -0.490 e. The Kier molecular flexibility index (Phi) is 4.47. The average Bonchev–Trinajstić information content (AvgIpc) is 3.07. The maximum absolute atomic E-state index is 12.2. The number of thiazole rings is 1. The third-order valence-electron chi connectivity index (χ3n) is 4.16.